The molecule has 0 unspecified atom stereocenters. The standard InChI is InChI=1S/C38H47N3O6Si/c1-25-13-17-28(18-14-25)38(27-11-9-8-10-12-27,29-19-15-26(2)16-20-29)39-24-31-30(23-33(43)44)34(47-48(6,7)37(3,4)5)35(46-31)41-22-21-32(42)40-36(41)45/h8-22,30-31,34-35,39H,23-24H2,1-7H3,(H,43,44)(H,40,42,45)/t30-,31-,34-,35-/m1/s1. The Hall–Kier alpha value is -4.09. The molecule has 1 aliphatic rings. The molecule has 4 aromatic rings. The van der Waals surface area contributed by atoms with Crippen LogP contribution < -0.4 is 16.6 Å². The molecule has 9 nitrogen and oxygen atoms in total. The summed E-state index contributed by atoms with van der Waals surface area (Å²) in [5, 5.41) is 13.9. The Kier molecular flexibility index (Phi) is 10.1. The number of carbonyl (C=O) groups is 1. The van der Waals surface area contributed by atoms with E-state index in [9.17, 15) is 19.5 Å². The van der Waals surface area contributed by atoms with E-state index in [1.54, 1.807) is 0 Å². The Morgan fingerprint density at radius 1 is 0.896 bits per heavy atom. The zero-order valence-corrected chi connectivity index (χ0v) is 29.8. The van der Waals surface area contributed by atoms with Crippen molar-refractivity contribution in [2.45, 2.75) is 83.1 Å². The number of hydrogen-bond acceptors (Lipinski definition) is 6. The van der Waals surface area contributed by atoms with Crippen molar-refractivity contribution in [3.63, 3.8) is 0 Å². The lowest BCUT2D eigenvalue weighted by Crippen LogP contribution is -2.50. The molecule has 254 valence electrons. The Balaban J connectivity index is 1.64. The van der Waals surface area contributed by atoms with E-state index in [-0.39, 0.29) is 18.0 Å². The number of carboxylic acids is 1. The minimum absolute atomic E-state index is 0.197. The van der Waals surface area contributed by atoms with Crippen LogP contribution in [0.3, 0.4) is 0 Å². The minimum Gasteiger partial charge on any atom is -0.481 e. The number of benzene rings is 3. The lowest BCUT2D eigenvalue weighted by Gasteiger charge is -2.41. The van der Waals surface area contributed by atoms with Crippen molar-refractivity contribution in [1.82, 2.24) is 14.9 Å². The van der Waals surface area contributed by atoms with Crippen LogP contribution in [0.4, 0.5) is 0 Å². The normalized spacial score (nSPS) is 20.1. The first kappa shape index (κ1) is 35.2. The van der Waals surface area contributed by atoms with Gasteiger partial charge in [-0.05, 0) is 48.7 Å². The van der Waals surface area contributed by atoms with Crippen LogP contribution in [0.1, 0.15) is 61.2 Å². The highest BCUT2D eigenvalue weighted by Gasteiger charge is 2.52. The Morgan fingerprint density at radius 3 is 1.94 bits per heavy atom. The van der Waals surface area contributed by atoms with Crippen molar-refractivity contribution in [3.8, 4) is 0 Å². The number of aromatic amines is 1. The second kappa shape index (κ2) is 13.8. The topological polar surface area (TPSA) is 123 Å². The lowest BCUT2D eigenvalue weighted by atomic mass is 9.76. The number of H-pyrrole nitrogens is 1. The summed E-state index contributed by atoms with van der Waals surface area (Å²) in [6, 6.07) is 28.3. The molecule has 3 N–H and O–H groups in total. The summed E-state index contributed by atoms with van der Waals surface area (Å²) in [4.78, 5) is 39.9. The van der Waals surface area contributed by atoms with Crippen molar-refractivity contribution in [3.05, 3.63) is 140 Å². The highest BCUT2D eigenvalue weighted by atomic mass is 28.4. The minimum atomic E-state index is -2.50. The van der Waals surface area contributed by atoms with Gasteiger partial charge in [0.2, 0.25) is 0 Å². The van der Waals surface area contributed by atoms with Gasteiger partial charge < -0.3 is 14.3 Å². The van der Waals surface area contributed by atoms with E-state index >= 15 is 0 Å². The van der Waals surface area contributed by atoms with E-state index in [2.05, 4.69) is 119 Å². The number of rotatable bonds is 11. The smallest absolute Gasteiger partial charge is 0.330 e. The van der Waals surface area contributed by atoms with Crippen molar-refractivity contribution in [2.75, 3.05) is 6.54 Å². The van der Waals surface area contributed by atoms with Crippen LogP contribution in [0, 0.1) is 19.8 Å². The fraction of sp³-hybridized carbons (Fsp3) is 0.395. The summed E-state index contributed by atoms with van der Waals surface area (Å²) < 4.78 is 15.0. The van der Waals surface area contributed by atoms with E-state index in [4.69, 9.17) is 9.16 Å². The maximum absolute atomic E-state index is 13.1. The van der Waals surface area contributed by atoms with E-state index in [1.807, 2.05) is 18.2 Å². The molecule has 3 aromatic carbocycles. The molecule has 0 saturated carbocycles. The first-order chi connectivity index (χ1) is 22.6. The van der Waals surface area contributed by atoms with Crippen LogP contribution in [-0.4, -0.2) is 47.7 Å². The Bertz CT molecular complexity index is 1780. The molecule has 0 radical (unpaired) electrons. The monoisotopic (exact) mass is 669 g/mol. The van der Waals surface area contributed by atoms with Crippen molar-refractivity contribution < 1.29 is 19.1 Å². The second-order valence-electron chi connectivity index (χ2n) is 14.4. The van der Waals surface area contributed by atoms with Gasteiger partial charge in [-0.15, -0.1) is 0 Å². The van der Waals surface area contributed by atoms with Gasteiger partial charge in [-0.1, -0.05) is 111 Å². The molecule has 0 spiro atoms. The molecule has 5 rings (SSSR count). The van der Waals surface area contributed by atoms with E-state index in [0.717, 1.165) is 27.8 Å². The van der Waals surface area contributed by atoms with E-state index < -0.39 is 55.4 Å². The predicted octanol–water partition coefficient (Wildman–Crippen LogP) is 6.11. The van der Waals surface area contributed by atoms with Crippen molar-refractivity contribution in [2.24, 2.45) is 5.92 Å². The molecule has 1 fully saturated rings. The van der Waals surface area contributed by atoms with Crippen molar-refractivity contribution in [1.29, 1.82) is 0 Å². The highest BCUT2D eigenvalue weighted by molar-refractivity contribution is 6.74. The Morgan fingerprint density at radius 2 is 1.44 bits per heavy atom. The molecule has 1 saturated heterocycles. The summed E-state index contributed by atoms with van der Waals surface area (Å²) in [7, 11) is -2.50. The second-order valence-corrected chi connectivity index (χ2v) is 19.2. The maximum Gasteiger partial charge on any atom is 0.330 e. The van der Waals surface area contributed by atoms with Gasteiger partial charge in [0.05, 0.1) is 24.2 Å². The quantitative estimate of drug-likeness (QED) is 0.130. The van der Waals surface area contributed by atoms with Gasteiger partial charge in [0.15, 0.2) is 14.5 Å². The zero-order chi connectivity index (χ0) is 34.9. The molecule has 1 aromatic heterocycles. The van der Waals surface area contributed by atoms with Gasteiger partial charge in [0.1, 0.15) is 0 Å². The molecule has 0 bridgehead atoms. The van der Waals surface area contributed by atoms with Gasteiger partial charge >= 0.3 is 11.7 Å². The van der Waals surface area contributed by atoms with E-state index in [0.29, 0.717) is 0 Å². The van der Waals surface area contributed by atoms with Gasteiger partial charge in [0.25, 0.3) is 5.56 Å². The molecule has 4 atom stereocenters. The third-order valence-corrected chi connectivity index (χ3v) is 14.5. The number of aliphatic carboxylic acids is 1. The number of aromatic nitrogens is 2. The van der Waals surface area contributed by atoms with Crippen LogP contribution >= 0.6 is 0 Å². The molecule has 1 aliphatic heterocycles. The largest absolute Gasteiger partial charge is 0.481 e. The molecule has 10 heteroatoms. The van der Waals surface area contributed by atoms with Crippen LogP contribution in [0.2, 0.25) is 18.1 Å². The average molecular weight is 670 g/mol. The first-order valence-electron chi connectivity index (χ1n) is 16.4. The first-order valence-corrected chi connectivity index (χ1v) is 19.3. The number of nitrogens with zero attached hydrogens (tertiary/aromatic N) is 1. The third-order valence-electron chi connectivity index (χ3n) is 10.0. The summed E-state index contributed by atoms with van der Waals surface area (Å²) in [6.07, 6.45) is -1.22. The van der Waals surface area contributed by atoms with Gasteiger partial charge in [-0.25, -0.2) is 4.79 Å². The average Bonchev–Trinajstić information content (AvgIpc) is 3.33. The number of carboxylic acid groups (broad SMARTS) is 1. The summed E-state index contributed by atoms with van der Waals surface area (Å²) in [5.74, 6) is -1.60. The van der Waals surface area contributed by atoms with Crippen LogP contribution in [0.15, 0.2) is 101 Å². The van der Waals surface area contributed by atoms with Gasteiger partial charge in [0, 0.05) is 24.7 Å². The lowest BCUT2D eigenvalue weighted by molar-refractivity contribution is -0.139. The summed E-state index contributed by atoms with van der Waals surface area (Å²) >= 11 is 0. The molecule has 48 heavy (non-hydrogen) atoms. The number of nitrogens with one attached hydrogen (secondary N) is 2. The fourth-order valence-corrected chi connectivity index (χ4v) is 7.62. The molecular formula is C38H47N3O6Si. The Labute approximate surface area is 283 Å². The molecule has 2 heterocycles. The third kappa shape index (κ3) is 7.17. The summed E-state index contributed by atoms with van der Waals surface area (Å²) in [6.45, 7) is 14.9. The SMILES string of the molecule is Cc1ccc(C(NC[C@H]2O[C@@H](n3ccc(=O)[nH]c3=O)[C@H](O[Si](C)(C)C(C)(C)C)[C@@H]2CC(=O)O)(c2ccccc2)c2ccc(C)cc2)cc1. The molecule has 0 amide bonds. The number of hydrogen-bond donors (Lipinski definition) is 3. The van der Waals surface area contributed by atoms with Crippen LogP contribution in [-0.2, 0) is 19.5 Å². The number of ether oxygens (including phenoxy) is 1. The summed E-state index contributed by atoms with van der Waals surface area (Å²) in [5.41, 5.74) is 3.29. The fourth-order valence-electron chi connectivity index (χ4n) is 6.30. The van der Waals surface area contributed by atoms with Crippen LogP contribution in [0.25, 0.3) is 0 Å². The predicted molar refractivity (Wildman–Crippen MR) is 190 cm³/mol. The van der Waals surface area contributed by atoms with Crippen LogP contribution in [0.5, 0.6) is 0 Å². The highest BCUT2D eigenvalue weighted by Crippen LogP contribution is 2.45. The van der Waals surface area contributed by atoms with E-state index in [1.165, 1.54) is 16.8 Å². The molecular weight excluding hydrogens is 623 g/mol. The van der Waals surface area contributed by atoms with Gasteiger partial charge in [-0.2, -0.15) is 0 Å². The number of aryl methyl sites for hydroxylation is 2. The maximum atomic E-state index is 13.1. The molecule has 0 aliphatic carbocycles. The van der Waals surface area contributed by atoms with Gasteiger partial charge in [-0.3, -0.25) is 24.5 Å². The zero-order valence-electron chi connectivity index (χ0n) is 28.8. The van der Waals surface area contributed by atoms with Crippen molar-refractivity contribution >= 4 is 14.3 Å².